The Balaban J connectivity index is 2.72. The normalized spacial score (nSPS) is 9.69. The van der Waals surface area contributed by atoms with Crippen LogP contribution in [0.1, 0.15) is 5.56 Å². The zero-order valence-corrected chi connectivity index (χ0v) is 8.76. The van der Waals surface area contributed by atoms with Gasteiger partial charge in [-0.3, -0.25) is 4.79 Å². The standard InChI is InChI=1S/C9H10BrNO2/c1-6-2-3-8(7(10)4-6)11-5-9(12)13/h2-4,11H,5H2,1H3,(H,12,13). The van der Waals surface area contributed by atoms with E-state index in [0.717, 1.165) is 15.7 Å². The Hall–Kier alpha value is -1.03. The summed E-state index contributed by atoms with van der Waals surface area (Å²) in [5.41, 5.74) is 1.93. The van der Waals surface area contributed by atoms with E-state index in [1.165, 1.54) is 0 Å². The molecule has 0 saturated heterocycles. The summed E-state index contributed by atoms with van der Waals surface area (Å²) < 4.78 is 0.883. The van der Waals surface area contributed by atoms with Gasteiger partial charge in [-0.1, -0.05) is 6.07 Å². The molecule has 13 heavy (non-hydrogen) atoms. The highest BCUT2D eigenvalue weighted by atomic mass is 79.9. The van der Waals surface area contributed by atoms with Crippen molar-refractivity contribution < 1.29 is 9.90 Å². The zero-order valence-electron chi connectivity index (χ0n) is 7.17. The van der Waals surface area contributed by atoms with Crippen molar-refractivity contribution in [3.63, 3.8) is 0 Å². The van der Waals surface area contributed by atoms with Crippen LogP contribution in [0.5, 0.6) is 0 Å². The number of hydrogen-bond acceptors (Lipinski definition) is 2. The highest BCUT2D eigenvalue weighted by Crippen LogP contribution is 2.22. The first-order valence-electron chi connectivity index (χ1n) is 3.81. The van der Waals surface area contributed by atoms with Gasteiger partial charge in [0.1, 0.15) is 6.54 Å². The fraction of sp³-hybridized carbons (Fsp3) is 0.222. The molecule has 0 spiro atoms. The number of carboxylic acid groups (broad SMARTS) is 1. The number of halogens is 1. The molecule has 70 valence electrons. The molecular weight excluding hydrogens is 234 g/mol. The van der Waals surface area contributed by atoms with Crippen LogP contribution >= 0.6 is 15.9 Å². The molecule has 0 atom stereocenters. The molecule has 0 aromatic heterocycles. The quantitative estimate of drug-likeness (QED) is 0.857. The number of benzene rings is 1. The van der Waals surface area contributed by atoms with E-state index in [4.69, 9.17) is 5.11 Å². The van der Waals surface area contributed by atoms with Crippen molar-refractivity contribution in [3.8, 4) is 0 Å². The molecule has 1 aromatic carbocycles. The first-order chi connectivity index (χ1) is 6.09. The van der Waals surface area contributed by atoms with Crippen LogP contribution in [0.2, 0.25) is 0 Å². The molecule has 0 bridgehead atoms. The third kappa shape index (κ3) is 3.06. The van der Waals surface area contributed by atoms with E-state index in [-0.39, 0.29) is 6.54 Å². The van der Waals surface area contributed by atoms with E-state index in [2.05, 4.69) is 21.2 Å². The molecular formula is C9H10BrNO2. The Morgan fingerprint density at radius 2 is 2.31 bits per heavy atom. The lowest BCUT2D eigenvalue weighted by molar-refractivity contribution is -0.134. The number of hydrogen-bond donors (Lipinski definition) is 2. The Morgan fingerprint density at radius 3 is 2.85 bits per heavy atom. The molecule has 0 fully saturated rings. The molecule has 4 heteroatoms. The van der Waals surface area contributed by atoms with E-state index in [9.17, 15) is 4.79 Å². The van der Waals surface area contributed by atoms with Crippen LogP contribution in [-0.2, 0) is 4.79 Å². The number of nitrogens with one attached hydrogen (secondary N) is 1. The number of rotatable bonds is 3. The third-order valence-electron chi connectivity index (χ3n) is 1.55. The van der Waals surface area contributed by atoms with Crippen molar-refractivity contribution in [1.29, 1.82) is 0 Å². The molecule has 0 aliphatic carbocycles. The van der Waals surface area contributed by atoms with Crippen LogP contribution < -0.4 is 5.32 Å². The number of carboxylic acids is 1. The maximum Gasteiger partial charge on any atom is 0.322 e. The minimum atomic E-state index is -0.868. The van der Waals surface area contributed by atoms with Gasteiger partial charge in [0, 0.05) is 10.2 Å². The third-order valence-corrected chi connectivity index (χ3v) is 2.21. The van der Waals surface area contributed by atoms with Crippen molar-refractivity contribution >= 4 is 27.6 Å². The lowest BCUT2D eigenvalue weighted by Gasteiger charge is -2.06. The maximum atomic E-state index is 10.3. The summed E-state index contributed by atoms with van der Waals surface area (Å²) in [4.78, 5) is 10.3. The fourth-order valence-electron chi connectivity index (χ4n) is 0.934. The summed E-state index contributed by atoms with van der Waals surface area (Å²) in [5, 5.41) is 11.2. The predicted molar refractivity (Wildman–Crippen MR) is 55.0 cm³/mol. The molecule has 1 aromatic rings. The second-order valence-electron chi connectivity index (χ2n) is 2.73. The van der Waals surface area contributed by atoms with Crippen LogP contribution in [0.15, 0.2) is 22.7 Å². The Labute approximate surface area is 84.9 Å². The lowest BCUT2D eigenvalue weighted by atomic mass is 10.2. The van der Waals surface area contributed by atoms with E-state index in [1.807, 2.05) is 25.1 Å². The highest BCUT2D eigenvalue weighted by molar-refractivity contribution is 9.10. The molecule has 3 nitrogen and oxygen atoms in total. The summed E-state index contributed by atoms with van der Waals surface area (Å²) in [7, 11) is 0. The Kier molecular flexibility index (Phi) is 3.31. The second-order valence-corrected chi connectivity index (χ2v) is 3.58. The van der Waals surface area contributed by atoms with Gasteiger partial charge in [-0.15, -0.1) is 0 Å². The molecule has 0 radical (unpaired) electrons. The van der Waals surface area contributed by atoms with E-state index >= 15 is 0 Å². The van der Waals surface area contributed by atoms with Gasteiger partial charge >= 0.3 is 5.97 Å². The van der Waals surface area contributed by atoms with Crippen molar-refractivity contribution in [1.82, 2.24) is 0 Å². The van der Waals surface area contributed by atoms with Gasteiger partial charge in [-0.25, -0.2) is 0 Å². The van der Waals surface area contributed by atoms with Gasteiger partial charge in [-0.2, -0.15) is 0 Å². The molecule has 0 aliphatic heterocycles. The van der Waals surface area contributed by atoms with Crippen LogP contribution in [0.3, 0.4) is 0 Å². The summed E-state index contributed by atoms with van der Waals surface area (Å²) in [6, 6.07) is 5.71. The van der Waals surface area contributed by atoms with E-state index < -0.39 is 5.97 Å². The second kappa shape index (κ2) is 4.28. The fourth-order valence-corrected chi connectivity index (χ4v) is 1.57. The topological polar surface area (TPSA) is 49.3 Å². The Morgan fingerprint density at radius 1 is 1.62 bits per heavy atom. The predicted octanol–water partition coefficient (Wildman–Crippen LogP) is 2.25. The molecule has 0 aliphatic rings. The first-order valence-corrected chi connectivity index (χ1v) is 4.60. The van der Waals surface area contributed by atoms with Crippen molar-refractivity contribution in [2.24, 2.45) is 0 Å². The van der Waals surface area contributed by atoms with E-state index in [0.29, 0.717) is 0 Å². The van der Waals surface area contributed by atoms with Crippen molar-refractivity contribution in [2.75, 3.05) is 11.9 Å². The van der Waals surface area contributed by atoms with Crippen molar-refractivity contribution in [3.05, 3.63) is 28.2 Å². The number of anilines is 1. The zero-order chi connectivity index (χ0) is 9.84. The monoisotopic (exact) mass is 243 g/mol. The van der Waals surface area contributed by atoms with Gasteiger partial charge in [0.2, 0.25) is 0 Å². The maximum absolute atomic E-state index is 10.3. The highest BCUT2D eigenvalue weighted by Gasteiger charge is 2.00. The number of aryl methyl sites for hydroxylation is 1. The minimum absolute atomic E-state index is 0.0678. The molecule has 0 amide bonds. The number of carbonyl (C=O) groups is 1. The molecule has 2 N–H and O–H groups in total. The smallest absolute Gasteiger partial charge is 0.322 e. The average molecular weight is 244 g/mol. The molecule has 0 unspecified atom stereocenters. The van der Waals surface area contributed by atoms with Gasteiger partial charge in [0.25, 0.3) is 0 Å². The van der Waals surface area contributed by atoms with Crippen LogP contribution in [0.25, 0.3) is 0 Å². The summed E-state index contributed by atoms with van der Waals surface area (Å²) in [6.07, 6.45) is 0. The van der Waals surface area contributed by atoms with Gasteiger partial charge in [0.15, 0.2) is 0 Å². The largest absolute Gasteiger partial charge is 0.480 e. The first kappa shape index (κ1) is 10.1. The number of aliphatic carboxylic acids is 1. The summed E-state index contributed by atoms with van der Waals surface area (Å²) in [5.74, 6) is -0.868. The van der Waals surface area contributed by atoms with Crippen LogP contribution in [0.4, 0.5) is 5.69 Å². The lowest BCUT2D eigenvalue weighted by Crippen LogP contribution is -2.12. The van der Waals surface area contributed by atoms with Gasteiger partial charge < -0.3 is 10.4 Å². The Bertz CT molecular complexity index is 325. The summed E-state index contributed by atoms with van der Waals surface area (Å²) >= 11 is 3.34. The van der Waals surface area contributed by atoms with Crippen molar-refractivity contribution in [2.45, 2.75) is 6.92 Å². The van der Waals surface area contributed by atoms with E-state index in [1.54, 1.807) is 0 Å². The average Bonchev–Trinajstić information content (AvgIpc) is 2.02. The molecule has 0 saturated carbocycles. The van der Waals surface area contributed by atoms with Gasteiger partial charge in [0.05, 0.1) is 0 Å². The summed E-state index contributed by atoms with van der Waals surface area (Å²) in [6.45, 7) is 1.91. The minimum Gasteiger partial charge on any atom is -0.480 e. The molecule has 1 rings (SSSR count). The SMILES string of the molecule is Cc1ccc(NCC(=O)O)c(Br)c1. The van der Waals surface area contributed by atoms with Gasteiger partial charge in [-0.05, 0) is 40.5 Å². The van der Waals surface area contributed by atoms with Crippen LogP contribution in [0, 0.1) is 6.92 Å². The van der Waals surface area contributed by atoms with Crippen LogP contribution in [-0.4, -0.2) is 17.6 Å². The molecule has 0 heterocycles.